The Labute approximate surface area is 104 Å². The molecule has 1 aromatic carbocycles. The monoisotopic (exact) mass is 259 g/mol. The first-order chi connectivity index (χ1) is 8.21. The third-order valence-corrected chi connectivity index (χ3v) is 2.45. The van der Waals surface area contributed by atoms with Gasteiger partial charge in [-0.1, -0.05) is 20.8 Å². The molecule has 0 radical (unpaired) electrons. The first kappa shape index (κ1) is 14.5. The van der Waals surface area contributed by atoms with Crippen LogP contribution in [0.2, 0.25) is 0 Å². The van der Waals surface area contributed by atoms with Crippen LogP contribution in [0.5, 0.6) is 0 Å². The van der Waals surface area contributed by atoms with Gasteiger partial charge < -0.3 is 5.32 Å². The highest BCUT2D eigenvalue weighted by molar-refractivity contribution is 5.81. The van der Waals surface area contributed by atoms with Crippen molar-refractivity contribution in [1.29, 1.82) is 0 Å². The first-order valence-electron chi connectivity index (χ1n) is 5.63. The van der Waals surface area contributed by atoms with E-state index >= 15 is 0 Å². The van der Waals surface area contributed by atoms with Crippen molar-refractivity contribution in [3.63, 3.8) is 0 Å². The van der Waals surface area contributed by atoms with Crippen LogP contribution in [0.3, 0.4) is 0 Å². The van der Waals surface area contributed by atoms with Gasteiger partial charge in [-0.05, 0) is 6.42 Å². The van der Waals surface area contributed by atoms with Crippen LogP contribution in [0.4, 0.5) is 13.2 Å². The van der Waals surface area contributed by atoms with Crippen LogP contribution >= 0.6 is 0 Å². The molecule has 1 N–H and O–H groups in total. The minimum absolute atomic E-state index is 0.0141. The van der Waals surface area contributed by atoms with Gasteiger partial charge in [0, 0.05) is 29.7 Å². The summed E-state index contributed by atoms with van der Waals surface area (Å²) in [4.78, 5) is 11.5. The predicted molar refractivity (Wildman–Crippen MR) is 62.5 cm³/mol. The van der Waals surface area contributed by atoms with Crippen molar-refractivity contribution in [2.24, 2.45) is 5.41 Å². The predicted octanol–water partition coefficient (Wildman–Crippen LogP) is 2.81. The molecule has 5 heteroatoms. The molecule has 0 aliphatic rings. The molecule has 0 saturated heterocycles. The number of hydrogen-bond donors (Lipinski definition) is 1. The third-order valence-electron chi connectivity index (χ3n) is 2.45. The minimum atomic E-state index is -0.951. The quantitative estimate of drug-likeness (QED) is 0.888. The van der Waals surface area contributed by atoms with E-state index in [1.54, 1.807) is 20.8 Å². The summed E-state index contributed by atoms with van der Waals surface area (Å²) in [5, 5.41) is 2.57. The highest BCUT2D eigenvalue weighted by Gasteiger charge is 2.20. The maximum Gasteiger partial charge on any atom is 0.225 e. The van der Waals surface area contributed by atoms with Gasteiger partial charge in [-0.2, -0.15) is 0 Å². The average molecular weight is 259 g/mol. The van der Waals surface area contributed by atoms with Crippen LogP contribution < -0.4 is 5.32 Å². The summed E-state index contributed by atoms with van der Waals surface area (Å²) in [6, 6.07) is 1.26. The number of hydrogen-bond acceptors (Lipinski definition) is 1. The Morgan fingerprint density at radius 3 is 2.11 bits per heavy atom. The van der Waals surface area contributed by atoms with Crippen LogP contribution in [0.1, 0.15) is 26.3 Å². The second kappa shape index (κ2) is 5.42. The fourth-order valence-electron chi connectivity index (χ4n) is 1.38. The van der Waals surface area contributed by atoms with Crippen molar-refractivity contribution in [1.82, 2.24) is 5.32 Å². The highest BCUT2D eigenvalue weighted by atomic mass is 19.1. The van der Waals surface area contributed by atoms with Crippen molar-refractivity contribution in [2.45, 2.75) is 27.2 Å². The van der Waals surface area contributed by atoms with Crippen molar-refractivity contribution in [2.75, 3.05) is 6.54 Å². The van der Waals surface area contributed by atoms with Gasteiger partial charge in [-0.3, -0.25) is 4.79 Å². The number of rotatable bonds is 3. The molecule has 0 aliphatic heterocycles. The molecule has 0 unspecified atom stereocenters. The van der Waals surface area contributed by atoms with Gasteiger partial charge in [0.15, 0.2) is 0 Å². The fourth-order valence-corrected chi connectivity index (χ4v) is 1.38. The lowest BCUT2D eigenvalue weighted by Crippen LogP contribution is -2.36. The van der Waals surface area contributed by atoms with E-state index in [2.05, 4.69) is 5.32 Å². The second-order valence-corrected chi connectivity index (χ2v) is 5.10. The van der Waals surface area contributed by atoms with Crippen molar-refractivity contribution >= 4 is 5.91 Å². The molecule has 0 heterocycles. The molecule has 100 valence electrons. The Bertz CT molecular complexity index is 429. The number of halogens is 3. The lowest BCUT2D eigenvalue weighted by Gasteiger charge is -2.17. The average Bonchev–Trinajstić information content (AvgIpc) is 2.19. The maximum absolute atomic E-state index is 13.3. The lowest BCUT2D eigenvalue weighted by molar-refractivity contribution is -0.128. The van der Waals surface area contributed by atoms with E-state index in [-0.39, 0.29) is 24.4 Å². The molecule has 1 rings (SSSR count). The van der Waals surface area contributed by atoms with E-state index in [1.165, 1.54) is 0 Å². The van der Waals surface area contributed by atoms with Crippen molar-refractivity contribution in [3.8, 4) is 0 Å². The SMILES string of the molecule is CC(C)(C)C(=O)NCCc1c(F)cc(F)cc1F. The van der Waals surface area contributed by atoms with Crippen molar-refractivity contribution in [3.05, 3.63) is 35.1 Å². The number of amides is 1. The third kappa shape index (κ3) is 3.75. The van der Waals surface area contributed by atoms with Crippen LogP contribution in [0.25, 0.3) is 0 Å². The Hall–Kier alpha value is -1.52. The van der Waals surface area contributed by atoms with Crippen LogP contribution in [0.15, 0.2) is 12.1 Å². The molecule has 0 fully saturated rings. The smallest absolute Gasteiger partial charge is 0.225 e. The van der Waals surface area contributed by atoms with Gasteiger partial charge in [-0.15, -0.1) is 0 Å². The summed E-state index contributed by atoms with van der Waals surface area (Å²) in [6.45, 7) is 5.32. The Morgan fingerprint density at radius 2 is 1.67 bits per heavy atom. The van der Waals surface area contributed by atoms with Crippen molar-refractivity contribution < 1.29 is 18.0 Å². The molecule has 0 bridgehead atoms. The minimum Gasteiger partial charge on any atom is -0.355 e. The van der Waals surface area contributed by atoms with Crippen LogP contribution in [-0.2, 0) is 11.2 Å². The summed E-state index contributed by atoms with van der Waals surface area (Å²) in [5.74, 6) is -3.02. The molecule has 0 atom stereocenters. The largest absolute Gasteiger partial charge is 0.355 e. The zero-order valence-electron chi connectivity index (χ0n) is 10.6. The molecule has 0 aliphatic carbocycles. The summed E-state index contributed by atoms with van der Waals surface area (Å²) < 4.78 is 39.2. The van der Waals surface area contributed by atoms with E-state index in [9.17, 15) is 18.0 Å². The first-order valence-corrected chi connectivity index (χ1v) is 5.63. The molecule has 0 aromatic heterocycles. The summed E-state index contributed by atoms with van der Waals surface area (Å²) in [5.41, 5.74) is -0.773. The van der Waals surface area contributed by atoms with E-state index < -0.39 is 22.9 Å². The zero-order chi connectivity index (χ0) is 13.9. The normalized spacial score (nSPS) is 11.4. The maximum atomic E-state index is 13.3. The molecule has 18 heavy (non-hydrogen) atoms. The van der Waals surface area contributed by atoms with Gasteiger partial charge in [-0.25, -0.2) is 13.2 Å². The van der Waals surface area contributed by atoms with E-state index in [4.69, 9.17) is 0 Å². The van der Waals surface area contributed by atoms with Gasteiger partial charge >= 0.3 is 0 Å². The van der Waals surface area contributed by atoms with E-state index in [1.807, 2.05) is 0 Å². The second-order valence-electron chi connectivity index (χ2n) is 5.10. The van der Waals surface area contributed by atoms with Gasteiger partial charge in [0.05, 0.1) is 0 Å². The lowest BCUT2D eigenvalue weighted by atomic mass is 9.95. The summed E-state index contributed by atoms with van der Waals surface area (Å²) in [6.07, 6.45) is -0.0141. The summed E-state index contributed by atoms with van der Waals surface area (Å²) in [7, 11) is 0. The number of nitrogens with one attached hydrogen (secondary N) is 1. The molecule has 0 spiro atoms. The Morgan fingerprint density at radius 1 is 1.17 bits per heavy atom. The number of carbonyl (C=O) groups is 1. The molecule has 0 saturated carbocycles. The van der Waals surface area contributed by atoms with Crippen LogP contribution in [0, 0.1) is 22.9 Å². The molecule has 1 amide bonds. The summed E-state index contributed by atoms with van der Waals surface area (Å²) >= 11 is 0. The molecular formula is C13H16F3NO. The topological polar surface area (TPSA) is 29.1 Å². The van der Waals surface area contributed by atoms with E-state index in [0.717, 1.165) is 0 Å². The molecule has 2 nitrogen and oxygen atoms in total. The standard InChI is InChI=1S/C13H16F3NO/c1-13(2,3)12(18)17-5-4-9-10(15)6-8(14)7-11(9)16/h6-7H,4-5H2,1-3H3,(H,17,18). The Kier molecular flexibility index (Phi) is 4.38. The fraction of sp³-hybridized carbons (Fsp3) is 0.462. The van der Waals surface area contributed by atoms with Gasteiger partial charge in [0.25, 0.3) is 0 Å². The van der Waals surface area contributed by atoms with Crippen LogP contribution in [-0.4, -0.2) is 12.5 Å². The highest BCUT2D eigenvalue weighted by Crippen LogP contribution is 2.16. The zero-order valence-corrected chi connectivity index (χ0v) is 10.6. The number of carbonyl (C=O) groups excluding carboxylic acids is 1. The molecule has 1 aromatic rings. The number of benzene rings is 1. The van der Waals surface area contributed by atoms with Gasteiger partial charge in [0.1, 0.15) is 17.5 Å². The van der Waals surface area contributed by atoms with E-state index in [0.29, 0.717) is 12.1 Å². The Balaban J connectivity index is 2.63. The van der Waals surface area contributed by atoms with Gasteiger partial charge in [0.2, 0.25) is 5.91 Å². The molecular weight excluding hydrogens is 243 g/mol.